The fourth-order valence-electron chi connectivity index (χ4n) is 4.15. The number of fused-ring (bicyclic) bond motifs is 1. The Kier molecular flexibility index (Phi) is 4.58. The van der Waals surface area contributed by atoms with Crippen LogP contribution in [0.1, 0.15) is 57.8 Å². The number of carbonyl (C=O) groups excluding carboxylic acids is 1. The number of carbonyl (C=O) groups is 1. The van der Waals surface area contributed by atoms with Gasteiger partial charge in [0.25, 0.3) is 11.5 Å². The summed E-state index contributed by atoms with van der Waals surface area (Å²) in [5, 5.41) is 3.42. The van der Waals surface area contributed by atoms with Crippen LogP contribution in [-0.2, 0) is 0 Å². The van der Waals surface area contributed by atoms with Gasteiger partial charge in [0, 0.05) is 12.6 Å². The highest BCUT2D eigenvalue weighted by atomic mass is 16.2. The van der Waals surface area contributed by atoms with Crippen molar-refractivity contribution in [2.45, 2.75) is 46.0 Å². The quantitative estimate of drug-likeness (QED) is 0.695. The molecule has 2 aromatic carbocycles. The summed E-state index contributed by atoms with van der Waals surface area (Å²) in [7, 11) is 1.54. The second-order valence-electron chi connectivity index (χ2n) is 7.95. The predicted molar refractivity (Wildman–Crippen MR) is 114 cm³/mol. The molecule has 0 unspecified atom stereocenters. The van der Waals surface area contributed by atoms with Gasteiger partial charge in [-0.2, -0.15) is 0 Å². The van der Waals surface area contributed by atoms with Crippen LogP contribution in [-0.4, -0.2) is 17.9 Å². The minimum absolute atomic E-state index is 0.147. The van der Waals surface area contributed by atoms with Gasteiger partial charge >= 0.3 is 0 Å². The van der Waals surface area contributed by atoms with E-state index in [1.54, 1.807) is 6.07 Å². The zero-order chi connectivity index (χ0) is 20.0. The molecule has 1 amide bonds. The number of hydrogen-bond donors (Lipinski definition) is 2. The highest BCUT2D eigenvalue weighted by molar-refractivity contribution is 6.01. The van der Waals surface area contributed by atoms with Gasteiger partial charge in [-0.15, -0.1) is 0 Å². The third kappa shape index (κ3) is 2.93. The van der Waals surface area contributed by atoms with Crippen molar-refractivity contribution in [1.82, 2.24) is 10.3 Å². The smallest absolute Gasteiger partial charge is 0.261 e. The monoisotopic (exact) mass is 374 g/mol. The second-order valence-corrected chi connectivity index (χ2v) is 7.95. The molecule has 28 heavy (non-hydrogen) atoms. The number of nitrogens with one attached hydrogen (secondary N) is 2. The Morgan fingerprint density at radius 1 is 1.07 bits per heavy atom. The van der Waals surface area contributed by atoms with Gasteiger partial charge in [-0.3, -0.25) is 9.59 Å². The van der Waals surface area contributed by atoms with Crippen LogP contribution in [0.3, 0.4) is 0 Å². The lowest BCUT2D eigenvalue weighted by Gasteiger charge is -2.29. The summed E-state index contributed by atoms with van der Waals surface area (Å²) in [4.78, 5) is 27.7. The molecule has 144 valence electrons. The molecule has 1 saturated carbocycles. The molecule has 0 bridgehead atoms. The molecular weight excluding hydrogens is 348 g/mol. The Morgan fingerprint density at radius 2 is 1.75 bits per heavy atom. The molecular formula is C24H26N2O2. The van der Waals surface area contributed by atoms with Gasteiger partial charge < -0.3 is 10.3 Å². The Morgan fingerprint density at radius 3 is 2.32 bits per heavy atom. The predicted octanol–water partition coefficient (Wildman–Crippen LogP) is 4.75. The summed E-state index contributed by atoms with van der Waals surface area (Å²) in [6, 6.07) is 10.3. The van der Waals surface area contributed by atoms with Crippen LogP contribution in [0.15, 0.2) is 35.1 Å². The van der Waals surface area contributed by atoms with Crippen molar-refractivity contribution in [3.63, 3.8) is 0 Å². The Labute approximate surface area is 165 Å². The van der Waals surface area contributed by atoms with Gasteiger partial charge in [-0.05, 0) is 78.8 Å². The standard InChI is InChI=1S/C24H26N2O2/c1-13-10-18(11-14(2)15(13)3)21-19(16-6-5-7-16)9-8-17-12-20(23(27)25-4)24(28)26-22(17)21/h8-12,16H,5-7H2,1-4H3,(H,25,27)(H,26,28). The molecule has 0 atom stereocenters. The Balaban J connectivity index is 2.05. The summed E-state index contributed by atoms with van der Waals surface area (Å²) in [6.07, 6.45) is 3.62. The third-order valence-corrected chi connectivity index (χ3v) is 6.29. The highest BCUT2D eigenvalue weighted by Crippen LogP contribution is 2.44. The van der Waals surface area contributed by atoms with Crippen molar-refractivity contribution >= 4 is 16.8 Å². The molecule has 1 heterocycles. The number of rotatable bonds is 3. The fraction of sp³-hybridized carbons (Fsp3) is 0.333. The second kappa shape index (κ2) is 6.93. The number of aromatic nitrogens is 1. The van der Waals surface area contributed by atoms with Crippen molar-refractivity contribution in [2.24, 2.45) is 0 Å². The van der Waals surface area contributed by atoms with Gasteiger partial charge in [0.1, 0.15) is 5.56 Å². The number of hydrogen-bond acceptors (Lipinski definition) is 2. The number of amides is 1. The molecule has 4 rings (SSSR count). The lowest BCUT2D eigenvalue weighted by atomic mass is 9.76. The molecule has 0 aliphatic heterocycles. The SMILES string of the molecule is CNC(=O)c1cc2ccc(C3CCC3)c(-c3cc(C)c(C)c(C)c3)c2[nH]c1=O. The molecule has 3 aromatic rings. The van der Waals surface area contributed by atoms with E-state index in [0.29, 0.717) is 5.92 Å². The van der Waals surface area contributed by atoms with Crippen molar-refractivity contribution in [3.05, 3.63) is 68.5 Å². The molecule has 0 radical (unpaired) electrons. The summed E-state index contributed by atoms with van der Waals surface area (Å²) >= 11 is 0. The normalized spacial score (nSPS) is 14.1. The van der Waals surface area contributed by atoms with Crippen molar-refractivity contribution in [1.29, 1.82) is 0 Å². The van der Waals surface area contributed by atoms with E-state index >= 15 is 0 Å². The van der Waals surface area contributed by atoms with Crippen molar-refractivity contribution < 1.29 is 4.79 Å². The largest absolute Gasteiger partial charge is 0.355 e. The molecule has 4 heteroatoms. The number of aryl methyl sites for hydroxylation is 2. The van der Waals surface area contributed by atoms with E-state index in [4.69, 9.17) is 0 Å². The lowest BCUT2D eigenvalue weighted by molar-refractivity contribution is 0.0962. The summed E-state index contributed by atoms with van der Waals surface area (Å²) in [6.45, 7) is 6.40. The van der Waals surface area contributed by atoms with Crippen LogP contribution < -0.4 is 10.9 Å². The van der Waals surface area contributed by atoms with Crippen molar-refractivity contribution in [2.75, 3.05) is 7.05 Å². The topological polar surface area (TPSA) is 62.0 Å². The molecule has 1 aliphatic carbocycles. The third-order valence-electron chi connectivity index (χ3n) is 6.29. The number of pyridine rings is 1. The van der Waals surface area contributed by atoms with Gasteiger partial charge in [-0.25, -0.2) is 0 Å². The van der Waals surface area contributed by atoms with Gasteiger partial charge in [0.2, 0.25) is 0 Å². The minimum atomic E-state index is -0.366. The van der Waals surface area contributed by atoms with Crippen LogP contribution >= 0.6 is 0 Å². The van der Waals surface area contributed by atoms with E-state index in [1.807, 2.05) is 6.07 Å². The maximum Gasteiger partial charge on any atom is 0.261 e. The fourth-order valence-corrected chi connectivity index (χ4v) is 4.15. The lowest BCUT2D eigenvalue weighted by Crippen LogP contribution is -2.26. The Bertz CT molecular complexity index is 1130. The first-order chi connectivity index (χ1) is 13.4. The molecule has 1 aromatic heterocycles. The summed E-state index contributed by atoms with van der Waals surface area (Å²) in [5.74, 6) is 0.165. The van der Waals surface area contributed by atoms with Gasteiger partial charge in [-0.1, -0.05) is 30.7 Å². The maximum atomic E-state index is 12.7. The van der Waals surface area contributed by atoms with Crippen molar-refractivity contribution in [3.8, 4) is 11.1 Å². The summed E-state index contributed by atoms with van der Waals surface area (Å²) < 4.78 is 0. The van der Waals surface area contributed by atoms with E-state index in [2.05, 4.69) is 49.3 Å². The maximum absolute atomic E-state index is 12.7. The number of benzene rings is 2. The minimum Gasteiger partial charge on any atom is -0.355 e. The zero-order valence-corrected chi connectivity index (χ0v) is 16.9. The molecule has 1 fully saturated rings. The van der Waals surface area contributed by atoms with E-state index in [9.17, 15) is 9.59 Å². The van der Waals surface area contributed by atoms with Crippen LogP contribution in [0.2, 0.25) is 0 Å². The zero-order valence-electron chi connectivity index (χ0n) is 16.9. The molecule has 0 spiro atoms. The molecule has 4 nitrogen and oxygen atoms in total. The van der Waals surface area contributed by atoms with Gasteiger partial charge in [0.05, 0.1) is 5.52 Å². The number of aromatic amines is 1. The average Bonchev–Trinajstić information content (AvgIpc) is 2.63. The first-order valence-corrected chi connectivity index (χ1v) is 9.91. The van der Waals surface area contributed by atoms with E-state index < -0.39 is 0 Å². The molecule has 0 saturated heterocycles. The molecule has 2 N–H and O–H groups in total. The average molecular weight is 374 g/mol. The van der Waals surface area contributed by atoms with Crippen LogP contribution in [0, 0.1) is 20.8 Å². The van der Waals surface area contributed by atoms with E-state index in [1.165, 1.54) is 48.6 Å². The summed E-state index contributed by atoms with van der Waals surface area (Å²) in [5.41, 5.74) is 7.95. The first kappa shape index (κ1) is 18.5. The van der Waals surface area contributed by atoms with Gasteiger partial charge in [0.15, 0.2) is 0 Å². The highest BCUT2D eigenvalue weighted by Gasteiger charge is 2.25. The van der Waals surface area contributed by atoms with E-state index in [-0.39, 0.29) is 17.0 Å². The van der Waals surface area contributed by atoms with Crippen LogP contribution in [0.25, 0.3) is 22.0 Å². The first-order valence-electron chi connectivity index (χ1n) is 9.91. The molecule has 1 aliphatic rings. The number of H-pyrrole nitrogens is 1. The van der Waals surface area contributed by atoms with Crippen LogP contribution in [0.5, 0.6) is 0 Å². The Hall–Kier alpha value is -2.88. The van der Waals surface area contributed by atoms with E-state index in [0.717, 1.165) is 22.0 Å². The van der Waals surface area contributed by atoms with Crippen LogP contribution in [0.4, 0.5) is 0 Å².